The van der Waals surface area contributed by atoms with E-state index in [9.17, 15) is 22.6 Å². The Morgan fingerprint density at radius 1 is 0.648 bits per heavy atom. The van der Waals surface area contributed by atoms with E-state index < -0.39 is 89.6 Å². The van der Waals surface area contributed by atoms with Crippen LogP contribution in [0.3, 0.4) is 0 Å². The van der Waals surface area contributed by atoms with E-state index in [0.717, 1.165) is 30.0 Å². The lowest BCUT2D eigenvalue weighted by molar-refractivity contribution is -0.288. The molecule has 19 heteroatoms. The molecule has 414 valence electrons. The van der Waals surface area contributed by atoms with Crippen molar-refractivity contribution in [3.8, 4) is 0 Å². The van der Waals surface area contributed by atoms with Gasteiger partial charge < -0.3 is 32.2 Å². The van der Waals surface area contributed by atoms with E-state index in [2.05, 4.69) is 176 Å². The molecule has 0 bridgehead atoms. The minimum Gasteiger partial charge on any atom is -0.462 e. The molecule has 6 unspecified atom stereocenters. The van der Waals surface area contributed by atoms with E-state index in [1.807, 2.05) is 6.07 Å². The molecule has 1 aromatic carbocycles. The second-order valence-electron chi connectivity index (χ2n) is 24.3. The Bertz CT molecular complexity index is 1900. The summed E-state index contributed by atoms with van der Waals surface area (Å²) in [6.45, 7) is 33.4. The first-order valence-electron chi connectivity index (χ1n) is 26.3. The van der Waals surface area contributed by atoms with Crippen LogP contribution in [0.1, 0.15) is 182 Å². The molecule has 1 saturated heterocycles. The smallest absolute Gasteiger partial charge is 0.339 e. The van der Waals surface area contributed by atoms with Gasteiger partial charge in [0.25, 0.3) is 10.1 Å². The van der Waals surface area contributed by atoms with Crippen molar-refractivity contribution in [1.82, 2.24) is 0 Å². The van der Waals surface area contributed by atoms with Crippen LogP contribution in [0.2, 0.25) is 54.4 Å². The molecule has 6 atom stereocenters. The van der Waals surface area contributed by atoms with Crippen LogP contribution in [-0.2, 0) is 47.1 Å². The van der Waals surface area contributed by atoms with Crippen LogP contribution in [0.15, 0.2) is 12.1 Å². The van der Waals surface area contributed by atoms with Gasteiger partial charge in [-0.3, -0.25) is 9.35 Å². The van der Waals surface area contributed by atoms with Crippen molar-refractivity contribution >= 4 is 115 Å². The molecule has 0 saturated carbocycles. The summed E-state index contributed by atoms with van der Waals surface area (Å²) < 4.78 is 85.9. The van der Waals surface area contributed by atoms with E-state index in [-0.39, 0.29) is 34.7 Å². The van der Waals surface area contributed by atoms with Crippen LogP contribution in [-0.4, -0.2) is 106 Å². The summed E-state index contributed by atoms with van der Waals surface area (Å²) in [6.07, 6.45) is 12.2. The summed E-state index contributed by atoms with van der Waals surface area (Å²) in [5, 5.41) is -0.835. The highest BCUT2D eigenvalue weighted by Gasteiger charge is 2.57. The first-order chi connectivity index (χ1) is 32.5. The van der Waals surface area contributed by atoms with Crippen LogP contribution >= 0.6 is 67.8 Å². The quantitative estimate of drug-likeness (QED) is 0.0188. The monoisotopic (exact) mass is 1410 g/mol. The largest absolute Gasteiger partial charge is 0.462 e. The molecule has 2 rings (SSSR count). The molecule has 12 nitrogen and oxygen atoms in total. The number of hydrogen-bond donors (Lipinski definition) is 1. The Balaban J connectivity index is 2.45. The number of carbonyl (C=O) groups excluding carboxylic acids is 2. The fraction of sp³-hybridized carbons (Fsp3) is 0.846. The Morgan fingerprint density at radius 2 is 1.07 bits per heavy atom. The number of rotatable bonds is 31. The first kappa shape index (κ1) is 67.8. The van der Waals surface area contributed by atoms with Crippen molar-refractivity contribution in [3.63, 3.8) is 0 Å². The van der Waals surface area contributed by atoms with Gasteiger partial charge in [0.15, 0.2) is 37.3 Å². The van der Waals surface area contributed by atoms with E-state index in [4.69, 9.17) is 32.2 Å². The van der Waals surface area contributed by atoms with Gasteiger partial charge in [0.1, 0.15) is 36.8 Å². The highest BCUT2D eigenvalue weighted by Crippen LogP contribution is 2.46. The second-order valence-corrected chi connectivity index (χ2v) is 43.6. The van der Waals surface area contributed by atoms with Crippen molar-refractivity contribution in [2.45, 2.75) is 263 Å². The maximum Gasteiger partial charge on any atom is 0.339 e. The maximum absolute atomic E-state index is 14.0. The minimum atomic E-state index is -4.62. The molecule has 0 radical (unpaired) electrons. The molecular formula is C52H95I3O12SSi3. The predicted octanol–water partition coefficient (Wildman–Crippen LogP) is 15.6. The topological polar surface area (TPSA) is 153 Å². The molecule has 1 heterocycles. The lowest BCUT2D eigenvalue weighted by Gasteiger charge is -2.54. The number of esters is 2. The molecule has 0 amide bonds. The van der Waals surface area contributed by atoms with Crippen molar-refractivity contribution in [3.05, 3.63) is 28.4 Å². The third kappa shape index (κ3) is 23.7. The molecular weight excluding hydrogens is 1310 g/mol. The van der Waals surface area contributed by atoms with Crippen LogP contribution in [0.5, 0.6) is 0 Å². The lowest BCUT2D eigenvalue weighted by Crippen LogP contribution is -2.68. The SMILES string of the molecule is CCCCCCCCCCCCCCCCCC(=O)OCC(COC1OC(CS(=O)(=O)O)C(O[Si](C)(C)C(C)(C)C)C(O[Si](C)(C)C(C)(C)C)C1O[Si](C)(C)C(C)(C)C)OC(=O)c1cc(I)cc(I)c1I. The third-order valence-corrected chi connectivity index (χ3v) is 32.9. The van der Waals surface area contributed by atoms with Crippen LogP contribution in [0.4, 0.5) is 0 Å². The van der Waals surface area contributed by atoms with Gasteiger partial charge in [0, 0.05) is 17.1 Å². The first-order valence-corrected chi connectivity index (χ1v) is 39.9. The summed E-state index contributed by atoms with van der Waals surface area (Å²) in [6, 6.07) is 3.72. The number of ether oxygens (including phenoxy) is 4. The molecule has 0 aromatic heterocycles. The molecule has 0 aliphatic carbocycles. The predicted molar refractivity (Wildman–Crippen MR) is 322 cm³/mol. The fourth-order valence-corrected chi connectivity index (χ4v) is 14.4. The van der Waals surface area contributed by atoms with Gasteiger partial charge in [-0.05, 0) is 141 Å². The molecule has 0 spiro atoms. The maximum atomic E-state index is 14.0. The fourth-order valence-electron chi connectivity index (χ4n) is 7.44. The Kier molecular flexibility index (Phi) is 28.8. The zero-order chi connectivity index (χ0) is 54.2. The van der Waals surface area contributed by atoms with Gasteiger partial charge in [-0.25, -0.2) is 4.79 Å². The minimum absolute atomic E-state index is 0.236. The summed E-state index contributed by atoms with van der Waals surface area (Å²) in [5.74, 6) is -1.79. The average molecular weight is 1410 g/mol. The molecule has 71 heavy (non-hydrogen) atoms. The number of unbranched alkanes of at least 4 members (excludes halogenated alkanes) is 14. The molecule has 1 aliphatic heterocycles. The van der Waals surface area contributed by atoms with Gasteiger partial charge in [-0.15, -0.1) is 0 Å². The van der Waals surface area contributed by atoms with Gasteiger partial charge >= 0.3 is 11.9 Å². The van der Waals surface area contributed by atoms with Crippen molar-refractivity contribution in [2.24, 2.45) is 0 Å². The molecule has 1 aliphatic rings. The van der Waals surface area contributed by atoms with Crippen molar-refractivity contribution < 1.29 is 54.8 Å². The van der Waals surface area contributed by atoms with Gasteiger partial charge in [0.05, 0.1) is 12.2 Å². The Morgan fingerprint density at radius 3 is 1.51 bits per heavy atom. The van der Waals surface area contributed by atoms with E-state index in [1.165, 1.54) is 70.6 Å². The molecule has 1 fully saturated rings. The number of benzene rings is 1. The Labute approximate surface area is 475 Å². The average Bonchev–Trinajstić information content (AvgIpc) is 3.21. The number of hydrogen-bond acceptors (Lipinski definition) is 11. The van der Waals surface area contributed by atoms with E-state index >= 15 is 0 Å². The van der Waals surface area contributed by atoms with E-state index in [0.29, 0.717) is 12.0 Å². The second kappa shape index (κ2) is 30.2. The Hall–Kier alpha value is 0.711. The van der Waals surface area contributed by atoms with Crippen molar-refractivity contribution in [2.75, 3.05) is 19.0 Å². The number of halogens is 3. The van der Waals surface area contributed by atoms with Gasteiger partial charge in [0.2, 0.25) is 0 Å². The van der Waals surface area contributed by atoms with Gasteiger partial charge in [-0.2, -0.15) is 8.42 Å². The highest BCUT2D eigenvalue weighted by atomic mass is 127. The zero-order valence-electron chi connectivity index (χ0n) is 46.5. The normalized spacial score (nSPS) is 20.3. The summed E-state index contributed by atoms with van der Waals surface area (Å²) in [5.41, 5.74) is 0.366. The number of carbonyl (C=O) groups is 2. The lowest BCUT2D eigenvalue weighted by atomic mass is 10.00. The van der Waals surface area contributed by atoms with Crippen LogP contribution < -0.4 is 0 Å². The van der Waals surface area contributed by atoms with Crippen LogP contribution in [0.25, 0.3) is 0 Å². The van der Waals surface area contributed by atoms with E-state index in [1.54, 1.807) is 6.07 Å². The zero-order valence-corrected chi connectivity index (χ0v) is 56.8. The summed E-state index contributed by atoms with van der Waals surface area (Å²) in [7, 11) is -12.7. The molecule has 1 N–H and O–H groups in total. The third-order valence-electron chi connectivity index (χ3n) is 15.0. The van der Waals surface area contributed by atoms with Gasteiger partial charge in [-0.1, -0.05) is 159 Å². The summed E-state index contributed by atoms with van der Waals surface area (Å²) >= 11 is 6.48. The highest BCUT2D eigenvalue weighted by molar-refractivity contribution is 14.1. The van der Waals surface area contributed by atoms with Crippen LogP contribution in [0, 0.1) is 10.7 Å². The van der Waals surface area contributed by atoms with Crippen molar-refractivity contribution in [1.29, 1.82) is 0 Å². The standard InChI is InChI=1S/C52H95I3O12SSi3/c1-17-18-19-20-21-22-23-24-25-26-27-28-29-30-31-32-43(56)61-35-39(63-48(57)40-33-38(53)34-41(54)44(40)55)36-62-49-47(67-71(15,16)52(8,9)10)46(66-70(13,14)51(5,6)7)45(42(64-49)37-68(58,59)60)65-69(11,12)50(2,3)4/h33-34,39,42,45-47,49H,17-32,35-37H2,1-16H3,(H,58,59,60). The summed E-state index contributed by atoms with van der Waals surface area (Å²) in [4.78, 5) is 27.3. The molecule has 1 aromatic rings.